The van der Waals surface area contributed by atoms with Crippen molar-refractivity contribution in [3.63, 3.8) is 0 Å². The Kier molecular flexibility index (Phi) is 3.72. The fourth-order valence-corrected chi connectivity index (χ4v) is 3.29. The largest absolute Gasteiger partial charge is 0.348 e. The molecule has 3 nitrogen and oxygen atoms in total. The van der Waals surface area contributed by atoms with E-state index in [1.807, 2.05) is 0 Å². The van der Waals surface area contributed by atoms with E-state index in [1.54, 1.807) is 0 Å². The molecule has 0 amide bonds. The zero-order chi connectivity index (χ0) is 15.0. The van der Waals surface area contributed by atoms with E-state index >= 15 is 0 Å². The van der Waals surface area contributed by atoms with Crippen molar-refractivity contribution in [3.8, 4) is 0 Å². The highest BCUT2D eigenvalue weighted by molar-refractivity contribution is 7.80. The molecule has 2 heterocycles. The first-order chi connectivity index (χ1) is 10.1. The van der Waals surface area contributed by atoms with Gasteiger partial charge in [-0.1, -0.05) is 12.1 Å². The van der Waals surface area contributed by atoms with Gasteiger partial charge in [-0.2, -0.15) is 0 Å². The van der Waals surface area contributed by atoms with Crippen LogP contribution in [0.4, 0.5) is 5.69 Å². The average Bonchev–Trinajstić information content (AvgIpc) is 2.93. The summed E-state index contributed by atoms with van der Waals surface area (Å²) in [4.78, 5) is 2.27. The van der Waals surface area contributed by atoms with E-state index < -0.39 is 0 Å². The van der Waals surface area contributed by atoms with Crippen LogP contribution in [0.5, 0.6) is 0 Å². The summed E-state index contributed by atoms with van der Waals surface area (Å²) in [5, 5.41) is 4.23. The van der Waals surface area contributed by atoms with Crippen molar-refractivity contribution in [1.29, 1.82) is 0 Å². The van der Waals surface area contributed by atoms with Crippen LogP contribution in [0.15, 0.2) is 36.5 Å². The van der Waals surface area contributed by atoms with E-state index in [-0.39, 0.29) is 0 Å². The Labute approximate surface area is 131 Å². The molecule has 1 atom stereocenters. The van der Waals surface area contributed by atoms with Crippen molar-refractivity contribution in [2.45, 2.75) is 33.4 Å². The molecule has 0 spiro atoms. The second-order valence-corrected chi connectivity index (χ2v) is 6.06. The molecule has 1 aromatic heterocycles. The molecule has 0 saturated heterocycles. The van der Waals surface area contributed by atoms with E-state index in [0.29, 0.717) is 6.04 Å². The summed E-state index contributed by atoms with van der Waals surface area (Å²) in [5.41, 5.74) is 4.97. The van der Waals surface area contributed by atoms with Gasteiger partial charge >= 0.3 is 0 Å². The lowest BCUT2D eigenvalue weighted by Gasteiger charge is -2.37. The molecule has 1 N–H and O–H groups in total. The lowest BCUT2D eigenvalue weighted by Crippen LogP contribution is -2.42. The van der Waals surface area contributed by atoms with Crippen LogP contribution >= 0.6 is 12.2 Å². The maximum absolute atomic E-state index is 5.64. The van der Waals surface area contributed by atoms with Crippen LogP contribution in [-0.4, -0.2) is 21.1 Å². The Morgan fingerprint density at radius 3 is 2.81 bits per heavy atom. The number of aryl methyl sites for hydroxylation is 1. The highest BCUT2D eigenvalue weighted by Crippen LogP contribution is 2.27. The number of aromatic nitrogens is 1. The number of rotatable bonds is 1. The summed E-state index contributed by atoms with van der Waals surface area (Å²) in [6.45, 7) is 8.40. The number of fused-ring (bicyclic) bond motifs is 1. The maximum atomic E-state index is 5.64. The first-order valence-corrected chi connectivity index (χ1v) is 7.77. The van der Waals surface area contributed by atoms with Crippen molar-refractivity contribution < 1.29 is 0 Å². The molecule has 0 fully saturated rings. The minimum absolute atomic E-state index is 0.305. The number of nitrogens with zero attached hydrogens (tertiary/aromatic N) is 2. The van der Waals surface area contributed by atoms with E-state index in [2.05, 4.69) is 72.1 Å². The van der Waals surface area contributed by atoms with Crippen LogP contribution < -0.4 is 5.32 Å². The molecule has 4 heteroatoms. The normalized spacial score (nSPS) is 17.5. The number of hydrogen-bond acceptors (Lipinski definition) is 1. The van der Waals surface area contributed by atoms with Gasteiger partial charge in [-0.3, -0.25) is 0 Å². The van der Waals surface area contributed by atoms with Gasteiger partial charge < -0.3 is 14.8 Å². The summed E-state index contributed by atoms with van der Waals surface area (Å²) in [6, 6.07) is 10.9. The van der Waals surface area contributed by atoms with E-state index in [4.69, 9.17) is 12.2 Å². The van der Waals surface area contributed by atoms with Gasteiger partial charge in [-0.25, -0.2) is 0 Å². The zero-order valence-electron chi connectivity index (χ0n) is 12.8. The number of thiocarbonyl (C=S) groups is 1. The average molecular weight is 299 g/mol. The molecule has 110 valence electrons. The van der Waals surface area contributed by atoms with Gasteiger partial charge in [0.25, 0.3) is 0 Å². The van der Waals surface area contributed by atoms with Crippen molar-refractivity contribution in [2.24, 2.45) is 0 Å². The Hall–Kier alpha value is -1.81. The molecule has 0 aliphatic carbocycles. The predicted octanol–water partition coefficient (Wildman–Crippen LogP) is 3.88. The number of nitrogens with one attached hydrogen (secondary N) is 1. The van der Waals surface area contributed by atoms with Crippen molar-refractivity contribution in [2.75, 3.05) is 11.9 Å². The summed E-state index contributed by atoms with van der Waals surface area (Å²) in [5.74, 6) is 0. The van der Waals surface area contributed by atoms with Crippen LogP contribution in [0.1, 0.15) is 29.8 Å². The minimum atomic E-state index is 0.305. The number of anilines is 1. The van der Waals surface area contributed by atoms with Gasteiger partial charge in [0.1, 0.15) is 0 Å². The van der Waals surface area contributed by atoms with Crippen LogP contribution in [0.3, 0.4) is 0 Å². The Morgan fingerprint density at radius 1 is 1.19 bits per heavy atom. The first kappa shape index (κ1) is 14.1. The maximum Gasteiger partial charge on any atom is 0.174 e. The van der Waals surface area contributed by atoms with Crippen LogP contribution in [0, 0.1) is 13.8 Å². The van der Waals surface area contributed by atoms with E-state index in [0.717, 1.165) is 23.9 Å². The molecule has 3 rings (SSSR count). The topological polar surface area (TPSA) is 20.2 Å². The van der Waals surface area contributed by atoms with Crippen LogP contribution in [-0.2, 0) is 6.54 Å². The Morgan fingerprint density at radius 2 is 2.00 bits per heavy atom. The molecule has 1 aliphatic rings. The monoisotopic (exact) mass is 299 g/mol. The quantitative estimate of drug-likeness (QED) is 0.807. The molecule has 1 aromatic carbocycles. The van der Waals surface area contributed by atoms with Gasteiger partial charge in [0, 0.05) is 30.7 Å². The van der Waals surface area contributed by atoms with Crippen molar-refractivity contribution in [1.82, 2.24) is 9.47 Å². The van der Waals surface area contributed by atoms with Crippen LogP contribution in [0.25, 0.3) is 0 Å². The lowest BCUT2D eigenvalue weighted by atomic mass is 10.1. The third kappa shape index (κ3) is 2.56. The van der Waals surface area contributed by atoms with Gasteiger partial charge in [0.2, 0.25) is 0 Å². The first-order valence-electron chi connectivity index (χ1n) is 7.37. The van der Waals surface area contributed by atoms with E-state index in [1.165, 1.54) is 16.8 Å². The van der Waals surface area contributed by atoms with E-state index in [9.17, 15) is 0 Å². The number of hydrogen-bond donors (Lipinski definition) is 1. The third-order valence-corrected chi connectivity index (χ3v) is 4.79. The molecular weight excluding hydrogens is 278 g/mol. The SMILES string of the molecule is Cc1cccc(NC(=S)N2CCn3cccc3C2C)c1C. The van der Waals surface area contributed by atoms with Gasteiger partial charge in [-0.15, -0.1) is 0 Å². The summed E-state index contributed by atoms with van der Waals surface area (Å²) < 4.78 is 2.31. The minimum Gasteiger partial charge on any atom is -0.348 e. The predicted molar refractivity (Wildman–Crippen MR) is 91.7 cm³/mol. The third-order valence-electron chi connectivity index (χ3n) is 4.45. The molecular formula is C17H21N3S. The summed E-state index contributed by atoms with van der Waals surface area (Å²) >= 11 is 5.64. The number of benzene rings is 1. The molecule has 21 heavy (non-hydrogen) atoms. The Bertz CT molecular complexity index is 674. The summed E-state index contributed by atoms with van der Waals surface area (Å²) in [6.07, 6.45) is 2.14. The fraction of sp³-hybridized carbons (Fsp3) is 0.353. The van der Waals surface area contributed by atoms with Gasteiger partial charge in [0.05, 0.1) is 6.04 Å². The molecule has 0 radical (unpaired) electrons. The zero-order valence-corrected chi connectivity index (χ0v) is 13.6. The highest BCUT2D eigenvalue weighted by Gasteiger charge is 2.25. The van der Waals surface area contributed by atoms with Gasteiger partial charge in [-0.05, 0) is 62.3 Å². The standard InChI is InChI=1S/C17H21N3S/c1-12-6-4-7-15(13(12)2)18-17(21)20-11-10-19-9-5-8-16(19)14(20)3/h4-9,14H,10-11H2,1-3H3,(H,18,21). The smallest absolute Gasteiger partial charge is 0.174 e. The molecule has 2 aromatic rings. The fourth-order valence-electron chi connectivity index (χ4n) is 2.93. The lowest BCUT2D eigenvalue weighted by molar-refractivity contribution is 0.276. The summed E-state index contributed by atoms with van der Waals surface area (Å²) in [7, 11) is 0. The van der Waals surface area contributed by atoms with Crippen molar-refractivity contribution >= 4 is 23.0 Å². The molecule has 0 saturated carbocycles. The van der Waals surface area contributed by atoms with Crippen LogP contribution in [0.2, 0.25) is 0 Å². The van der Waals surface area contributed by atoms with Crippen molar-refractivity contribution in [3.05, 3.63) is 53.3 Å². The second-order valence-electron chi connectivity index (χ2n) is 5.67. The molecule has 0 bridgehead atoms. The molecule has 1 aliphatic heterocycles. The highest BCUT2D eigenvalue weighted by atomic mass is 32.1. The van der Waals surface area contributed by atoms with Gasteiger partial charge in [0.15, 0.2) is 5.11 Å². The molecule has 1 unspecified atom stereocenters. The Balaban J connectivity index is 1.79. The second kappa shape index (κ2) is 5.53.